The van der Waals surface area contributed by atoms with Gasteiger partial charge in [0.15, 0.2) is 0 Å². The molecule has 3 aromatic rings. The van der Waals surface area contributed by atoms with Gasteiger partial charge < -0.3 is 5.32 Å². The molecule has 1 heterocycles. The van der Waals surface area contributed by atoms with Crippen LogP contribution in [-0.2, 0) is 12.8 Å². The van der Waals surface area contributed by atoms with Crippen LogP contribution in [0.2, 0.25) is 0 Å². The summed E-state index contributed by atoms with van der Waals surface area (Å²) in [5, 5.41) is 6.01. The first-order chi connectivity index (χ1) is 12.8. The summed E-state index contributed by atoms with van der Waals surface area (Å²) in [6, 6.07) is 15.0. The molecule has 1 aromatic heterocycles. The van der Waals surface area contributed by atoms with Crippen LogP contribution in [0.3, 0.4) is 0 Å². The number of nitrogens with one attached hydrogen (secondary N) is 1. The van der Waals surface area contributed by atoms with E-state index in [0.717, 1.165) is 47.8 Å². The lowest BCUT2D eigenvalue weighted by atomic mass is 10.0. The van der Waals surface area contributed by atoms with E-state index >= 15 is 0 Å². The Morgan fingerprint density at radius 1 is 0.808 bits per heavy atom. The summed E-state index contributed by atoms with van der Waals surface area (Å²) in [6.07, 6.45) is 5.42. The number of hydrogen-bond acceptors (Lipinski definition) is 3. The number of aromatic nitrogens is 2. The number of hydrogen-bond donors (Lipinski definition) is 1. The van der Waals surface area contributed by atoms with E-state index in [1.807, 2.05) is 0 Å². The van der Waals surface area contributed by atoms with Gasteiger partial charge in [-0.1, -0.05) is 70.0 Å². The molecule has 0 spiro atoms. The second-order valence-electron chi connectivity index (χ2n) is 6.72. The van der Waals surface area contributed by atoms with Crippen LogP contribution in [0.25, 0.3) is 22.0 Å². The van der Waals surface area contributed by atoms with Gasteiger partial charge in [0.1, 0.15) is 5.82 Å². The van der Waals surface area contributed by atoms with Gasteiger partial charge in [0.2, 0.25) is 0 Å². The van der Waals surface area contributed by atoms with Gasteiger partial charge >= 0.3 is 0 Å². The van der Waals surface area contributed by atoms with Gasteiger partial charge in [0.05, 0.1) is 17.1 Å². The van der Waals surface area contributed by atoms with Crippen LogP contribution in [-0.4, -0.2) is 16.5 Å². The largest absolute Gasteiger partial charge is 0.369 e. The Bertz CT molecular complexity index is 870. The molecule has 0 unspecified atom stereocenters. The number of anilines is 1. The minimum atomic E-state index is 0.878. The predicted octanol–water partition coefficient (Wildman–Crippen LogP) is 6.02. The number of nitrogens with zero attached hydrogens (tertiary/aromatic N) is 2. The molecule has 2 aromatic carbocycles. The molecule has 0 amide bonds. The van der Waals surface area contributed by atoms with Crippen LogP contribution < -0.4 is 5.32 Å². The molecule has 0 aliphatic carbocycles. The van der Waals surface area contributed by atoms with Crippen molar-refractivity contribution in [1.82, 2.24) is 9.97 Å². The second kappa shape index (κ2) is 8.79. The molecular weight excluding hydrogens is 318 g/mol. The van der Waals surface area contributed by atoms with Crippen LogP contribution in [0.15, 0.2) is 42.5 Å². The lowest BCUT2D eigenvalue weighted by Gasteiger charge is -2.15. The first-order valence-electron chi connectivity index (χ1n) is 9.89. The highest BCUT2D eigenvalue weighted by molar-refractivity contribution is 5.87. The highest BCUT2D eigenvalue weighted by atomic mass is 15.0. The fourth-order valence-electron chi connectivity index (χ4n) is 3.29. The Kier molecular flexibility index (Phi) is 6.21. The van der Waals surface area contributed by atoms with E-state index < -0.39 is 0 Å². The molecule has 1 N–H and O–H groups in total. The number of fused-ring (bicyclic) bond motifs is 1. The molecule has 0 bridgehead atoms. The van der Waals surface area contributed by atoms with Gasteiger partial charge in [0, 0.05) is 12.1 Å². The molecule has 0 fully saturated rings. The predicted molar refractivity (Wildman–Crippen MR) is 112 cm³/mol. The van der Waals surface area contributed by atoms with Crippen molar-refractivity contribution >= 4 is 16.6 Å². The van der Waals surface area contributed by atoms with Gasteiger partial charge in [-0.3, -0.25) is 0 Å². The lowest BCUT2D eigenvalue weighted by molar-refractivity contribution is 0.740. The van der Waals surface area contributed by atoms with E-state index in [2.05, 4.69) is 68.6 Å². The molecule has 3 heteroatoms. The number of unbranched alkanes of at least 4 members (excludes halogenated alkanes) is 2. The highest BCUT2D eigenvalue weighted by Gasteiger charge is 2.13. The minimum Gasteiger partial charge on any atom is -0.369 e. The number of aryl methyl sites for hydroxylation is 2. The molecule has 3 rings (SSSR count). The van der Waals surface area contributed by atoms with Gasteiger partial charge in [0.25, 0.3) is 0 Å². The van der Waals surface area contributed by atoms with Crippen LogP contribution in [0, 0.1) is 0 Å². The van der Waals surface area contributed by atoms with Crippen LogP contribution in [0.5, 0.6) is 0 Å². The van der Waals surface area contributed by atoms with Gasteiger partial charge in [-0.15, -0.1) is 0 Å². The molecule has 136 valence electrons. The number of benzene rings is 2. The van der Waals surface area contributed by atoms with Gasteiger partial charge in [-0.2, -0.15) is 0 Å². The average Bonchev–Trinajstić information content (AvgIpc) is 2.70. The molecule has 0 radical (unpaired) electrons. The maximum absolute atomic E-state index is 5.01. The maximum Gasteiger partial charge on any atom is 0.148 e. The van der Waals surface area contributed by atoms with Crippen molar-refractivity contribution in [3.8, 4) is 11.3 Å². The third kappa shape index (κ3) is 4.04. The molecule has 0 aliphatic rings. The van der Waals surface area contributed by atoms with Crippen LogP contribution in [0.1, 0.15) is 51.4 Å². The standard InChI is InChI=1S/C23H29N3/c1-4-7-10-15-24-23-21(6-3)25-22(20(5-2)26-23)19-14-13-17-11-8-9-12-18(17)16-19/h8-9,11-14,16H,4-7,10,15H2,1-3H3,(H,24,26). The summed E-state index contributed by atoms with van der Waals surface area (Å²) in [5.74, 6) is 0.963. The fourth-order valence-corrected chi connectivity index (χ4v) is 3.29. The molecule has 0 aliphatic heterocycles. The molecule has 3 nitrogen and oxygen atoms in total. The Labute approximate surface area is 156 Å². The molecule has 0 saturated heterocycles. The topological polar surface area (TPSA) is 37.8 Å². The normalized spacial score (nSPS) is 11.0. The second-order valence-corrected chi connectivity index (χ2v) is 6.72. The van der Waals surface area contributed by atoms with Crippen molar-refractivity contribution < 1.29 is 0 Å². The molecule has 0 saturated carbocycles. The van der Waals surface area contributed by atoms with E-state index in [-0.39, 0.29) is 0 Å². The highest BCUT2D eigenvalue weighted by Crippen LogP contribution is 2.27. The molecule has 26 heavy (non-hydrogen) atoms. The summed E-state index contributed by atoms with van der Waals surface area (Å²) in [4.78, 5) is 9.96. The lowest BCUT2D eigenvalue weighted by Crippen LogP contribution is -2.10. The van der Waals surface area contributed by atoms with Crippen molar-refractivity contribution in [1.29, 1.82) is 0 Å². The molecular formula is C23H29N3. The Balaban J connectivity index is 1.97. The van der Waals surface area contributed by atoms with Crippen molar-refractivity contribution in [3.63, 3.8) is 0 Å². The van der Waals surface area contributed by atoms with Gasteiger partial charge in [-0.05, 0) is 36.1 Å². The summed E-state index contributed by atoms with van der Waals surface area (Å²) >= 11 is 0. The maximum atomic E-state index is 5.01. The first-order valence-corrected chi connectivity index (χ1v) is 9.89. The van der Waals surface area contributed by atoms with Gasteiger partial charge in [-0.25, -0.2) is 9.97 Å². The third-order valence-corrected chi connectivity index (χ3v) is 4.81. The Hall–Kier alpha value is -2.42. The zero-order valence-corrected chi connectivity index (χ0v) is 16.2. The summed E-state index contributed by atoms with van der Waals surface area (Å²) in [6.45, 7) is 7.50. The van der Waals surface area contributed by atoms with E-state index in [0.29, 0.717) is 0 Å². The minimum absolute atomic E-state index is 0.878. The van der Waals surface area contributed by atoms with Crippen molar-refractivity contribution in [2.75, 3.05) is 11.9 Å². The van der Waals surface area contributed by atoms with Crippen molar-refractivity contribution in [3.05, 3.63) is 53.9 Å². The third-order valence-electron chi connectivity index (χ3n) is 4.81. The fraction of sp³-hybridized carbons (Fsp3) is 0.391. The average molecular weight is 348 g/mol. The Morgan fingerprint density at radius 2 is 1.58 bits per heavy atom. The summed E-state index contributed by atoms with van der Waals surface area (Å²) < 4.78 is 0. The Morgan fingerprint density at radius 3 is 2.31 bits per heavy atom. The van der Waals surface area contributed by atoms with E-state index in [1.165, 1.54) is 30.0 Å². The summed E-state index contributed by atoms with van der Waals surface area (Å²) in [7, 11) is 0. The van der Waals surface area contributed by atoms with Crippen molar-refractivity contribution in [2.24, 2.45) is 0 Å². The SMILES string of the molecule is CCCCCNc1nc(CC)c(-c2ccc3ccccc3c2)nc1CC. The smallest absolute Gasteiger partial charge is 0.148 e. The zero-order chi connectivity index (χ0) is 18.4. The molecule has 0 atom stereocenters. The number of rotatable bonds is 8. The van der Waals surface area contributed by atoms with E-state index in [4.69, 9.17) is 9.97 Å². The quantitative estimate of drug-likeness (QED) is 0.506. The van der Waals surface area contributed by atoms with Crippen LogP contribution >= 0.6 is 0 Å². The van der Waals surface area contributed by atoms with Crippen LogP contribution in [0.4, 0.5) is 5.82 Å². The zero-order valence-electron chi connectivity index (χ0n) is 16.2. The van der Waals surface area contributed by atoms with E-state index in [1.54, 1.807) is 0 Å². The van der Waals surface area contributed by atoms with E-state index in [9.17, 15) is 0 Å². The summed E-state index contributed by atoms with van der Waals surface area (Å²) in [5.41, 5.74) is 4.30. The van der Waals surface area contributed by atoms with Crippen molar-refractivity contribution in [2.45, 2.75) is 52.9 Å². The first kappa shape index (κ1) is 18.4. The monoisotopic (exact) mass is 347 g/mol.